The fourth-order valence-electron chi connectivity index (χ4n) is 2.07. The van der Waals surface area contributed by atoms with Gasteiger partial charge >= 0.3 is 5.97 Å². The molecule has 1 unspecified atom stereocenters. The Balaban J connectivity index is 2.61. The Morgan fingerprint density at radius 2 is 1.80 bits per heavy atom. The Morgan fingerprint density at radius 3 is 2.13 bits per heavy atom. The van der Waals surface area contributed by atoms with Gasteiger partial charge < -0.3 is 10.0 Å². The highest BCUT2D eigenvalue weighted by Crippen LogP contribution is 2.21. The quantitative estimate of drug-likeness (QED) is 0.754. The number of carboxylic acid groups (broad SMARTS) is 1. The molecule has 1 rings (SSSR count). The van der Waals surface area contributed by atoms with Crippen molar-refractivity contribution in [3.63, 3.8) is 0 Å². The van der Waals surface area contributed by atoms with Gasteiger partial charge in [-0.1, -0.05) is 13.8 Å². The van der Waals surface area contributed by atoms with Crippen molar-refractivity contribution in [2.45, 2.75) is 32.7 Å². The second-order valence-corrected chi connectivity index (χ2v) is 4.35. The summed E-state index contributed by atoms with van der Waals surface area (Å²) in [5.41, 5.74) is -0.681. The van der Waals surface area contributed by atoms with E-state index in [0.717, 1.165) is 32.7 Å². The van der Waals surface area contributed by atoms with Crippen LogP contribution in [0.4, 0.5) is 0 Å². The fourth-order valence-corrected chi connectivity index (χ4v) is 2.07. The van der Waals surface area contributed by atoms with E-state index in [1.54, 1.807) is 0 Å². The number of hydrogen-bond acceptors (Lipinski definition) is 3. The molecule has 0 aromatic heterocycles. The second-order valence-electron chi connectivity index (χ2n) is 4.35. The molecule has 1 aliphatic heterocycles. The molecule has 0 amide bonds. The topological polar surface area (TPSA) is 43.8 Å². The Kier molecular flexibility index (Phi) is 4.11. The lowest BCUT2D eigenvalue weighted by molar-refractivity contribution is -0.152. The molecular weight excluding hydrogens is 192 g/mol. The van der Waals surface area contributed by atoms with Crippen molar-refractivity contribution >= 4 is 5.97 Å². The van der Waals surface area contributed by atoms with Crippen molar-refractivity contribution in [2.75, 3.05) is 32.7 Å². The van der Waals surface area contributed by atoms with E-state index in [-0.39, 0.29) is 0 Å². The number of hydrogen-bond donors (Lipinski definition) is 1. The summed E-state index contributed by atoms with van der Waals surface area (Å²) in [6, 6.07) is 0. The van der Waals surface area contributed by atoms with E-state index >= 15 is 0 Å². The number of carboxylic acids is 1. The maximum Gasteiger partial charge on any atom is 0.323 e. The number of rotatable bonds is 4. The minimum absolute atomic E-state index is 0.661. The van der Waals surface area contributed by atoms with E-state index in [2.05, 4.69) is 16.7 Å². The second kappa shape index (κ2) is 4.94. The fraction of sp³-hybridized carbons (Fsp3) is 0.909. The molecule has 1 N–H and O–H groups in total. The first-order valence-electron chi connectivity index (χ1n) is 5.75. The van der Waals surface area contributed by atoms with Crippen molar-refractivity contribution in [1.29, 1.82) is 0 Å². The monoisotopic (exact) mass is 214 g/mol. The summed E-state index contributed by atoms with van der Waals surface area (Å²) >= 11 is 0. The van der Waals surface area contributed by atoms with E-state index in [4.69, 9.17) is 0 Å². The predicted octanol–water partition coefficient (Wildman–Crippen LogP) is 0.877. The normalized spacial score (nSPS) is 23.7. The van der Waals surface area contributed by atoms with Crippen molar-refractivity contribution in [3.05, 3.63) is 0 Å². The van der Waals surface area contributed by atoms with Gasteiger partial charge in [-0.2, -0.15) is 0 Å². The summed E-state index contributed by atoms with van der Waals surface area (Å²) in [7, 11) is 0. The zero-order valence-electron chi connectivity index (χ0n) is 9.99. The lowest BCUT2D eigenvalue weighted by Gasteiger charge is -2.42. The smallest absolute Gasteiger partial charge is 0.323 e. The van der Waals surface area contributed by atoms with Gasteiger partial charge in [0.05, 0.1) is 0 Å². The molecule has 1 heterocycles. The number of likely N-dealkylation sites (N-methyl/N-ethyl adjacent to an activating group) is 1. The Labute approximate surface area is 91.9 Å². The number of nitrogens with zero attached hydrogens (tertiary/aromatic N) is 2. The number of carbonyl (C=O) groups is 1. The van der Waals surface area contributed by atoms with Gasteiger partial charge in [0.25, 0.3) is 0 Å². The minimum atomic E-state index is -0.699. The molecule has 0 aromatic rings. The van der Waals surface area contributed by atoms with Crippen molar-refractivity contribution in [1.82, 2.24) is 9.80 Å². The molecule has 1 saturated heterocycles. The van der Waals surface area contributed by atoms with E-state index in [9.17, 15) is 9.90 Å². The van der Waals surface area contributed by atoms with Crippen LogP contribution in [0.15, 0.2) is 0 Å². The van der Waals surface area contributed by atoms with Crippen LogP contribution in [0, 0.1) is 0 Å². The first-order valence-corrected chi connectivity index (χ1v) is 5.75. The van der Waals surface area contributed by atoms with E-state index in [1.807, 2.05) is 13.8 Å². The summed E-state index contributed by atoms with van der Waals surface area (Å²) in [4.78, 5) is 15.7. The summed E-state index contributed by atoms with van der Waals surface area (Å²) in [6.07, 6.45) is 0.661. The number of aliphatic carboxylic acids is 1. The molecule has 1 fully saturated rings. The van der Waals surface area contributed by atoms with Crippen LogP contribution in [0.25, 0.3) is 0 Å². The van der Waals surface area contributed by atoms with Crippen LogP contribution in [0.1, 0.15) is 27.2 Å². The minimum Gasteiger partial charge on any atom is -0.480 e. The van der Waals surface area contributed by atoms with Gasteiger partial charge in [-0.05, 0) is 19.9 Å². The van der Waals surface area contributed by atoms with Gasteiger partial charge in [0.1, 0.15) is 5.54 Å². The molecule has 0 saturated carbocycles. The molecule has 0 aliphatic carbocycles. The molecule has 1 aliphatic rings. The summed E-state index contributed by atoms with van der Waals surface area (Å²) in [6.45, 7) is 10.7. The van der Waals surface area contributed by atoms with Gasteiger partial charge in [0.2, 0.25) is 0 Å². The predicted molar refractivity (Wildman–Crippen MR) is 60.0 cm³/mol. The summed E-state index contributed by atoms with van der Waals surface area (Å²) in [5, 5.41) is 9.25. The molecule has 0 spiro atoms. The molecule has 1 atom stereocenters. The maximum absolute atomic E-state index is 11.2. The van der Waals surface area contributed by atoms with E-state index < -0.39 is 11.5 Å². The molecule has 0 aromatic carbocycles. The lowest BCUT2D eigenvalue weighted by atomic mass is 9.95. The Morgan fingerprint density at radius 1 is 1.27 bits per heavy atom. The van der Waals surface area contributed by atoms with Crippen molar-refractivity contribution < 1.29 is 9.90 Å². The van der Waals surface area contributed by atoms with Crippen LogP contribution in [0.5, 0.6) is 0 Å². The standard InChI is InChI=1S/C11H22N2O2/c1-4-11(3,10(14)15)13-8-6-12(5-2)7-9-13/h4-9H2,1-3H3,(H,14,15). The van der Waals surface area contributed by atoms with Crippen molar-refractivity contribution in [2.24, 2.45) is 0 Å². The maximum atomic E-state index is 11.2. The average Bonchev–Trinajstić information content (AvgIpc) is 2.28. The SMILES string of the molecule is CCN1CCN(C(C)(CC)C(=O)O)CC1. The first kappa shape index (κ1) is 12.5. The van der Waals surface area contributed by atoms with Crippen LogP contribution in [-0.2, 0) is 4.79 Å². The molecular formula is C11H22N2O2. The van der Waals surface area contributed by atoms with Crippen LogP contribution >= 0.6 is 0 Å². The largest absolute Gasteiger partial charge is 0.480 e. The van der Waals surface area contributed by atoms with Gasteiger partial charge in [-0.15, -0.1) is 0 Å². The van der Waals surface area contributed by atoms with Crippen LogP contribution in [-0.4, -0.2) is 59.1 Å². The Hall–Kier alpha value is -0.610. The molecule has 4 nitrogen and oxygen atoms in total. The third-order valence-electron chi connectivity index (χ3n) is 3.67. The van der Waals surface area contributed by atoms with E-state index in [1.165, 1.54) is 0 Å². The van der Waals surface area contributed by atoms with Crippen molar-refractivity contribution in [3.8, 4) is 0 Å². The van der Waals surface area contributed by atoms with Gasteiger partial charge in [-0.3, -0.25) is 9.69 Å². The van der Waals surface area contributed by atoms with Crippen LogP contribution < -0.4 is 0 Å². The highest BCUT2D eigenvalue weighted by molar-refractivity contribution is 5.78. The Bertz CT molecular complexity index is 225. The molecule has 88 valence electrons. The zero-order chi connectivity index (χ0) is 11.5. The molecule has 4 heteroatoms. The average molecular weight is 214 g/mol. The first-order chi connectivity index (χ1) is 7.04. The highest BCUT2D eigenvalue weighted by atomic mass is 16.4. The lowest BCUT2D eigenvalue weighted by Crippen LogP contribution is -2.59. The number of piperazine rings is 1. The highest BCUT2D eigenvalue weighted by Gasteiger charge is 2.38. The molecule has 0 bridgehead atoms. The third-order valence-corrected chi connectivity index (χ3v) is 3.67. The third kappa shape index (κ3) is 2.49. The molecule has 0 radical (unpaired) electrons. The van der Waals surface area contributed by atoms with Gasteiger partial charge in [0.15, 0.2) is 0 Å². The molecule has 15 heavy (non-hydrogen) atoms. The summed E-state index contributed by atoms with van der Waals surface area (Å²) < 4.78 is 0. The van der Waals surface area contributed by atoms with Crippen LogP contribution in [0.3, 0.4) is 0 Å². The van der Waals surface area contributed by atoms with Gasteiger partial charge in [-0.25, -0.2) is 0 Å². The van der Waals surface area contributed by atoms with E-state index in [0.29, 0.717) is 6.42 Å². The summed E-state index contributed by atoms with van der Waals surface area (Å²) in [5.74, 6) is -0.699. The zero-order valence-corrected chi connectivity index (χ0v) is 9.99. The van der Waals surface area contributed by atoms with Gasteiger partial charge in [0, 0.05) is 26.2 Å². The van der Waals surface area contributed by atoms with Crippen LogP contribution in [0.2, 0.25) is 0 Å².